The van der Waals surface area contributed by atoms with Gasteiger partial charge in [0.1, 0.15) is 6.54 Å². The Morgan fingerprint density at radius 2 is 2.14 bits per heavy atom. The summed E-state index contributed by atoms with van der Waals surface area (Å²) in [6.07, 6.45) is 0.742. The van der Waals surface area contributed by atoms with Gasteiger partial charge >= 0.3 is 5.76 Å². The van der Waals surface area contributed by atoms with Gasteiger partial charge in [-0.3, -0.25) is 19.5 Å². The van der Waals surface area contributed by atoms with Gasteiger partial charge in [-0.2, -0.15) is 0 Å². The summed E-state index contributed by atoms with van der Waals surface area (Å²) in [7, 11) is 0. The van der Waals surface area contributed by atoms with Gasteiger partial charge in [0.15, 0.2) is 5.58 Å². The second kappa shape index (κ2) is 5.63. The van der Waals surface area contributed by atoms with E-state index in [9.17, 15) is 19.7 Å². The smallest absolute Gasteiger partial charge is 0.407 e. The van der Waals surface area contributed by atoms with E-state index in [-0.39, 0.29) is 29.3 Å². The van der Waals surface area contributed by atoms with Gasteiger partial charge in [0.25, 0.3) is 5.69 Å². The molecule has 0 aliphatic carbocycles. The van der Waals surface area contributed by atoms with Gasteiger partial charge in [-0.1, -0.05) is 6.92 Å². The standard InChI is InChI=1S/C14H17N3O5/c1-4-14(2,3)15-12(18)8-16-10-6-5-9(17(20)21)7-11(10)22-13(16)19/h5-7H,4,8H2,1-3H3,(H,15,18). The summed E-state index contributed by atoms with van der Waals surface area (Å²) >= 11 is 0. The third kappa shape index (κ3) is 3.16. The molecule has 2 rings (SSSR count). The lowest BCUT2D eigenvalue weighted by atomic mass is 10.0. The Morgan fingerprint density at radius 1 is 1.45 bits per heavy atom. The fourth-order valence-corrected chi connectivity index (χ4v) is 1.97. The third-order valence-electron chi connectivity index (χ3n) is 3.53. The number of nitrogens with zero attached hydrogens (tertiary/aromatic N) is 2. The zero-order chi connectivity index (χ0) is 16.5. The Bertz CT molecular complexity index is 787. The minimum atomic E-state index is -0.722. The van der Waals surface area contributed by atoms with E-state index in [0.29, 0.717) is 5.52 Å². The number of aromatic nitrogens is 1. The minimum Gasteiger partial charge on any atom is -0.407 e. The molecule has 0 fully saturated rings. The summed E-state index contributed by atoms with van der Waals surface area (Å²) in [4.78, 5) is 34.0. The molecular weight excluding hydrogens is 290 g/mol. The van der Waals surface area contributed by atoms with E-state index in [2.05, 4.69) is 5.32 Å². The fourth-order valence-electron chi connectivity index (χ4n) is 1.97. The molecule has 0 bridgehead atoms. The zero-order valence-electron chi connectivity index (χ0n) is 12.6. The molecule has 1 aromatic heterocycles. The Hall–Kier alpha value is -2.64. The summed E-state index contributed by atoms with van der Waals surface area (Å²) < 4.78 is 6.12. The largest absolute Gasteiger partial charge is 0.420 e. The van der Waals surface area contributed by atoms with Crippen molar-refractivity contribution in [1.82, 2.24) is 9.88 Å². The molecule has 0 unspecified atom stereocenters. The normalized spacial score (nSPS) is 11.6. The van der Waals surface area contributed by atoms with Crippen LogP contribution < -0.4 is 11.1 Å². The van der Waals surface area contributed by atoms with E-state index < -0.39 is 10.7 Å². The maximum atomic E-state index is 12.0. The highest BCUT2D eigenvalue weighted by molar-refractivity contribution is 5.81. The first-order chi connectivity index (χ1) is 10.2. The van der Waals surface area contributed by atoms with Gasteiger partial charge in [0, 0.05) is 11.6 Å². The highest BCUT2D eigenvalue weighted by Crippen LogP contribution is 2.20. The second-order valence-electron chi connectivity index (χ2n) is 5.65. The summed E-state index contributed by atoms with van der Waals surface area (Å²) in [5, 5.41) is 13.5. The zero-order valence-corrected chi connectivity index (χ0v) is 12.6. The van der Waals surface area contributed by atoms with Crippen LogP contribution in [0, 0.1) is 10.1 Å². The Morgan fingerprint density at radius 3 is 2.73 bits per heavy atom. The molecule has 0 radical (unpaired) electrons. The average molecular weight is 307 g/mol. The van der Waals surface area contributed by atoms with Crippen LogP contribution in [0.5, 0.6) is 0 Å². The molecule has 2 aromatic rings. The quantitative estimate of drug-likeness (QED) is 0.669. The lowest BCUT2D eigenvalue weighted by molar-refractivity contribution is -0.384. The summed E-state index contributed by atoms with van der Waals surface area (Å²) in [5.41, 5.74) is -0.120. The van der Waals surface area contributed by atoms with Crippen LogP contribution in [0.25, 0.3) is 11.1 Å². The number of rotatable bonds is 5. The van der Waals surface area contributed by atoms with Crippen LogP contribution in [0.3, 0.4) is 0 Å². The first kappa shape index (κ1) is 15.7. The van der Waals surface area contributed by atoms with Crippen molar-refractivity contribution in [1.29, 1.82) is 0 Å². The van der Waals surface area contributed by atoms with Gasteiger partial charge in [0.2, 0.25) is 5.91 Å². The number of oxazole rings is 1. The molecule has 1 N–H and O–H groups in total. The molecule has 0 atom stereocenters. The van der Waals surface area contributed by atoms with Crippen molar-refractivity contribution in [3.8, 4) is 0 Å². The molecule has 0 spiro atoms. The first-order valence-electron chi connectivity index (χ1n) is 6.82. The van der Waals surface area contributed by atoms with Crippen LogP contribution in [0.2, 0.25) is 0 Å². The third-order valence-corrected chi connectivity index (χ3v) is 3.53. The van der Waals surface area contributed by atoms with Crippen LogP contribution in [-0.2, 0) is 11.3 Å². The maximum Gasteiger partial charge on any atom is 0.420 e. The molecule has 0 saturated carbocycles. The Balaban J connectivity index is 2.32. The van der Waals surface area contributed by atoms with Crippen molar-refractivity contribution in [3.05, 3.63) is 38.9 Å². The van der Waals surface area contributed by atoms with Crippen LogP contribution >= 0.6 is 0 Å². The Kier molecular flexibility index (Phi) is 4.03. The van der Waals surface area contributed by atoms with E-state index in [1.165, 1.54) is 18.2 Å². The van der Waals surface area contributed by atoms with Crippen molar-refractivity contribution in [2.45, 2.75) is 39.3 Å². The molecule has 118 valence electrons. The minimum absolute atomic E-state index is 0.0850. The van der Waals surface area contributed by atoms with Crippen LogP contribution in [0.1, 0.15) is 27.2 Å². The topological polar surface area (TPSA) is 107 Å². The number of nitro benzene ring substituents is 1. The molecule has 0 aliphatic heterocycles. The SMILES string of the molecule is CCC(C)(C)NC(=O)Cn1c(=O)oc2cc([N+](=O)[O-])ccc21. The number of nitrogens with one attached hydrogen (secondary N) is 1. The lowest BCUT2D eigenvalue weighted by Gasteiger charge is -2.24. The van der Waals surface area contributed by atoms with Gasteiger partial charge in [0.05, 0.1) is 16.5 Å². The highest BCUT2D eigenvalue weighted by atomic mass is 16.6. The predicted octanol–water partition coefficient (Wildman–Crippen LogP) is 1.81. The van der Waals surface area contributed by atoms with E-state index >= 15 is 0 Å². The number of fused-ring (bicyclic) bond motifs is 1. The number of hydrogen-bond acceptors (Lipinski definition) is 5. The molecule has 0 saturated heterocycles. The van der Waals surface area contributed by atoms with Gasteiger partial charge in [-0.05, 0) is 26.3 Å². The van der Waals surface area contributed by atoms with Gasteiger partial charge < -0.3 is 9.73 Å². The molecule has 22 heavy (non-hydrogen) atoms. The van der Waals surface area contributed by atoms with E-state index in [4.69, 9.17) is 4.42 Å². The average Bonchev–Trinajstić information content (AvgIpc) is 2.73. The number of amides is 1. The molecule has 8 nitrogen and oxygen atoms in total. The number of hydrogen-bond donors (Lipinski definition) is 1. The molecule has 1 amide bonds. The number of nitro groups is 1. The van der Waals surface area contributed by atoms with Gasteiger partial charge in [-0.25, -0.2) is 4.79 Å². The van der Waals surface area contributed by atoms with Crippen LogP contribution in [0.4, 0.5) is 5.69 Å². The summed E-state index contributed by atoms with van der Waals surface area (Å²) in [6.45, 7) is 5.50. The highest BCUT2D eigenvalue weighted by Gasteiger charge is 2.20. The molecule has 0 aliphatic rings. The van der Waals surface area contributed by atoms with Crippen molar-refractivity contribution >= 4 is 22.7 Å². The van der Waals surface area contributed by atoms with Crippen molar-refractivity contribution in [3.63, 3.8) is 0 Å². The van der Waals surface area contributed by atoms with Crippen LogP contribution in [0.15, 0.2) is 27.4 Å². The predicted molar refractivity (Wildman–Crippen MR) is 79.6 cm³/mol. The molecule has 1 aromatic carbocycles. The molecule has 8 heteroatoms. The monoisotopic (exact) mass is 307 g/mol. The first-order valence-corrected chi connectivity index (χ1v) is 6.82. The van der Waals surface area contributed by atoms with E-state index in [1.54, 1.807) is 0 Å². The number of carbonyl (C=O) groups is 1. The van der Waals surface area contributed by atoms with Gasteiger partial charge in [-0.15, -0.1) is 0 Å². The Labute approximate surface area is 125 Å². The van der Waals surface area contributed by atoms with E-state index in [1.807, 2.05) is 20.8 Å². The van der Waals surface area contributed by atoms with Crippen molar-refractivity contribution < 1.29 is 14.1 Å². The lowest BCUT2D eigenvalue weighted by Crippen LogP contribution is -2.44. The van der Waals surface area contributed by atoms with Crippen LogP contribution in [-0.4, -0.2) is 20.9 Å². The van der Waals surface area contributed by atoms with Crippen molar-refractivity contribution in [2.24, 2.45) is 0 Å². The summed E-state index contributed by atoms with van der Waals surface area (Å²) in [5.74, 6) is -1.05. The van der Waals surface area contributed by atoms with E-state index in [0.717, 1.165) is 11.0 Å². The molecule has 1 heterocycles. The number of carbonyl (C=O) groups excluding carboxylic acids is 1. The number of non-ortho nitro benzene ring substituents is 1. The number of benzene rings is 1. The second-order valence-corrected chi connectivity index (χ2v) is 5.65. The maximum absolute atomic E-state index is 12.0. The fraction of sp³-hybridized carbons (Fsp3) is 0.429. The van der Waals surface area contributed by atoms with Crippen molar-refractivity contribution in [2.75, 3.05) is 0 Å². The molecular formula is C14H17N3O5. The summed E-state index contributed by atoms with van der Waals surface area (Å²) in [6, 6.07) is 3.83.